The van der Waals surface area contributed by atoms with E-state index in [1.54, 1.807) is 12.1 Å². The third-order valence-corrected chi connectivity index (χ3v) is 5.89. The highest BCUT2D eigenvalue weighted by atomic mass is 16.5. The first-order chi connectivity index (χ1) is 14.5. The number of aryl methyl sites for hydroxylation is 2. The number of aromatic carboxylic acids is 1. The monoisotopic (exact) mass is 408 g/mol. The maximum atomic E-state index is 11.3. The topological polar surface area (TPSA) is 77.5 Å². The normalized spacial score (nSPS) is 19.1. The molecule has 1 saturated carbocycles. The van der Waals surface area contributed by atoms with Crippen molar-refractivity contribution in [3.63, 3.8) is 0 Å². The van der Waals surface area contributed by atoms with Crippen molar-refractivity contribution in [3.05, 3.63) is 65.3 Å². The molecule has 1 aromatic carbocycles. The molecule has 6 heteroatoms. The lowest BCUT2D eigenvalue weighted by atomic mass is 9.87. The minimum Gasteiger partial charge on any atom is -0.477 e. The van der Waals surface area contributed by atoms with Crippen LogP contribution in [-0.4, -0.2) is 26.7 Å². The number of rotatable bonds is 7. The summed E-state index contributed by atoms with van der Waals surface area (Å²) in [5, 5.41) is 9.31. The molecule has 1 aliphatic rings. The van der Waals surface area contributed by atoms with Crippen LogP contribution in [0.5, 0.6) is 0 Å². The van der Waals surface area contributed by atoms with Gasteiger partial charge in [-0.25, -0.2) is 9.78 Å². The van der Waals surface area contributed by atoms with Crippen molar-refractivity contribution in [2.75, 3.05) is 0 Å². The number of aromatic nitrogens is 2. The minimum absolute atomic E-state index is 0.159. The second-order valence-electron chi connectivity index (χ2n) is 8.20. The van der Waals surface area contributed by atoms with Crippen molar-refractivity contribution in [1.82, 2.24) is 9.55 Å². The number of hydrogen-bond donors (Lipinski definition) is 1. The van der Waals surface area contributed by atoms with E-state index in [-0.39, 0.29) is 6.10 Å². The highest BCUT2D eigenvalue weighted by Crippen LogP contribution is 2.29. The number of ether oxygens (including phenoxy) is 1. The lowest BCUT2D eigenvalue weighted by molar-refractivity contribution is -0.00180. The molecule has 0 bridgehead atoms. The van der Waals surface area contributed by atoms with Gasteiger partial charge in [0, 0.05) is 18.3 Å². The van der Waals surface area contributed by atoms with Gasteiger partial charge in [0.25, 0.3) is 0 Å². The molecule has 2 unspecified atom stereocenters. The average molecular weight is 408 g/mol. The molecule has 1 aliphatic carbocycles. The van der Waals surface area contributed by atoms with Crippen molar-refractivity contribution >= 4 is 5.97 Å². The van der Waals surface area contributed by atoms with Crippen molar-refractivity contribution in [2.45, 2.75) is 58.8 Å². The molecule has 2 aromatic heterocycles. The first-order valence-corrected chi connectivity index (χ1v) is 10.5. The number of carbonyl (C=O) groups is 1. The lowest BCUT2D eigenvalue weighted by Gasteiger charge is -2.29. The van der Waals surface area contributed by atoms with Gasteiger partial charge in [-0.1, -0.05) is 24.1 Å². The summed E-state index contributed by atoms with van der Waals surface area (Å²) in [4.78, 5) is 16.0. The summed E-state index contributed by atoms with van der Waals surface area (Å²) in [6.07, 6.45) is 6.14. The van der Waals surface area contributed by atoms with Crippen LogP contribution in [0.1, 0.15) is 53.2 Å². The molecule has 0 radical (unpaired) electrons. The Bertz CT molecular complexity index is 1000. The second kappa shape index (κ2) is 8.88. The van der Waals surface area contributed by atoms with E-state index in [0.717, 1.165) is 49.2 Å². The van der Waals surface area contributed by atoms with Gasteiger partial charge in [0.2, 0.25) is 5.89 Å². The number of nitrogens with zero attached hydrogens (tertiary/aromatic N) is 2. The van der Waals surface area contributed by atoms with Crippen LogP contribution in [0, 0.1) is 19.8 Å². The summed E-state index contributed by atoms with van der Waals surface area (Å²) in [5.74, 6) is 0.947. The number of carboxylic acid groups (broad SMARTS) is 1. The first-order valence-electron chi connectivity index (χ1n) is 10.5. The van der Waals surface area contributed by atoms with Gasteiger partial charge in [-0.2, -0.15) is 0 Å². The molecule has 0 saturated heterocycles. The van der Waals surface area contributed by atoms with Crippen molar-refractivity contribution < 1.29 is 19.1 Å². The molecule has 2 heterocycles. The summed E-state index contributed by atoms with van der Waals surface area (Å²) in [5.41, 5.74) is 3.35. The zero-order chi connectivity index (χ0) is 21.1. The summed E-state index contributed by atoms with van der Waals surface area (Å²) in [6.45, 7) is 5.13. The van der Waals surface area contributed by atoms with Crippen LogP contribution in [0.25, 0.3) is 11.5 Å². The first kappa shape index (κ1) is 20.4. The quantitative estimate of drug-likeness (QED) is 0.579. The van der Waals surface area contributed by atoms with Crippen LogP contribution in [0.15, 0.2) is 47.0 Å². The van der Waals surface area contributed by atoms with E-state index in [2.05, 4.69) is 11.9 Å². The third-order valence-electron chi connectivity index (χ3n) is 5.89. The maximum absolute atomic E-state index is 11.3. The highest BCUT2D eigenvalue weighted by molar-refractivity contribution is 5.85. The molecule has 2 atom stereocenters. The van der Waals surface area contributed by atoms with E-state index in [1.165, 1.54) is 5.56 Å². The van der Waals surface area contributed by atoms with Gasteiger partial charge >= 0.3 is 5.97 Å². The SMILES string of the molecule is Cc1ccc(-c2nc(COC3CCCC(Cn4cccc4C(=O)O)C3)c(C)o2)cc1. The molecular formula is C24H28N2O4. The van der Waals surface area contributed by atoms with Crippen LogP contribution in [0.3, 0.4) is 0 Å². The van der Waals surface area contributed by atoms with Gasteiger partial charge in [0.1, 0.15) is 17.1 Å². The predicted octanol–water partition coefficient (Wildman–Crippen LogP) is 5.23. The van der Waals surface area contributed by atoms with E-state index in [9.17, 15) is 9.90 Å². The highest BCUT2D eigenvalue weighted by Gasteiger charge is 2.25. The van der Waals surface area contributed by atoms with E-state index in [1.807, 2.05) is 42.0 Å². The fourth-order valence-electron chi connectivity index (χ4n) is 4.18. The summed E-state index contributed by atoms with van der Waals surface area (Å²) < 4.78 is 13.9. The Kier molecular flexibility index (Phi) is 6.04. The number of benzene rings is 1. The van der Waals surface area contributed by atoms with E-state index in [4.69, 9.17) is 9.15 Å². The molecule has 0 aliphatic heterocycles. The molecule has 30 heavy (non-hydrogen) atoms. The Morgan fingerprint density at radius 3 is 2.80 bits per heavy atom. The van der Waals surface area contributed by atoms with Gasteiger partial charge in [-0.05, 0) is 63.3 Å². The van der Waals surface area contributed by atoms with Crippen LogP contribution in [-0.2, 0) is 17.9 Å². The molecule has 1 fully saturated rings. The molecule has 1 N–H and O–H groups in total. The van der Waals surface area contributed by atoms with Crippen molar-refractivity contribution in [3.8, 4) is 11.5 Å². The Hall–Kier alpha value is -2.86. The van der Waals surface area contributed by atoms with Crippen molar-refractivity contribution in [1.29, 1.82) is 0 Å². The van der Waals surface area contributed by atoms with E-state index >= 15 is 0 Å². The average Bonchev–Trinajstić information content (AvgIpc) is 3.34. The fraction of sp³-hybridized carbons (Fsp3) is 0.417. The van der Waals surface area contributed by atoms with Gasteiger partial charge in [0.05, 0.1) is 12.7 Å². The van der Waals surface area contributed by atoms with Gasteiger partial charge < -0.3 is 18.8 Å². The third kappa shape index (κ3) is 4.65. The molecule has 4 rings (SSSR count). The predicted molar refractivity (Wildman–Crippen MR) is 113 cm³/mol. The van der Waals surface area contributed by atoms with Crippen LogP contribution in [0.2, 0.25) is 0 Å². The van der Waals surface area contributed by atoms with Crippen LogP contribution in [0.4, 0.5) is 0 Å². The summed E-state index contributed by atoms with van der Waals surface area (Å²) in [7, 11) is 0. The lowest BCUT2D eigenvalue weighted by Crippen LogP contribution is -2.26. The summed E-state index contributed by atoms with van der Waals surface area (Å²) >= 11 is 0. The zero-order valence-corrected chi connectivity index (χ0v) is 17.5. The smallest absolute Gasteiger partial charge is 0.352 e. The second-order valence-corrected chi connectivity index (χ2v) is 8.20. The number of carboxylic acids is 1. The van der Waals surface area contributed by atoms with E-state index in [0.29, 0.717) is 24.1 Å². The molecule has 0 amide bonds. The minimum atomic E-state index is -0.880. The molecule has 0 spiro atoms. The van der Waals surface area contributed by atoms with Crippen LogP contribution < -0.4 is 0 Å². The van der Waals surface area contributed by atoms with Gasteiger partial charge in [0.15, 0.2) is 0 Å². The standard InChI is InChI=1S/C24H28N2O4/c1-16-8-10-19(11-9-16)23-25-21(17(2)30-23)15-29-20-6-3-5-18(13-20)14-26-12-4-7-22(26)24(27)28/h4,7-12,18,20H,3,5-6,13-15H2,1-2H3,(H,27,28). The Morgan fingerprint density at radius 2 is 2.03 bits per heavy atom. The maximum Gasteiger partial charge on any atom is 0.352 e. The summed E-state index contributed by atoms with van der Waals surface area (Å²) in [6, 6.07) is 11.6. The number of hydrogen-bond acceptors (Lipinski definition) is 4. The Morgan fingerprint density at radius 1 is 1.23 bits per heavy atom. The molecule has 158 valence electrons. The fourth-order valence-corrected chi connectivity index (χ4v) is 4.18. The largest absolute Gasteiger partial charge is 0.477 e. The Labute approximate surface area is 176 Å². The molecule has 3 aromatic rings. The number of oxazole rings is 1. The Balaban J connectivity index is 1.35. The zero-order valence-electron chi connectivity index (χ0n) is 17.5. The van der Waals surface area contributed by atoms with Gasteiger partial charge in [-0.15, -0.1) is 0 Å². The van der Waals surface area contributed by atoms with Gasteiger partial charge in [-0.3, -0.25) is 0 Å². The molecular weight excluding hydrogens is 380 g/mol. The molecule has 6 nitrogen and oxygen atoms in total. The van der Waals surface area contributed by atoms with E-state index < -0.39 is 5.97 Å². The van der Waals surface area contributed by atoms with Crippen LogP contribution >= 0.6 is 0 Å². The van der Waals surface area contributed by atoms with Crippen molar-refractivity contribution in [2.24, 2.45) is 5.92 Å².